The Bertz CT molecular complexity index is 873. The van der Waals surface area contributed by atoms with Crippen LogP contribution < -0.4 is 5.32 Å². The third kappa shape index (κ3) is 4.79. The molecule has 0 saturated heterocycles. The second-order valence-corrected chi connectivity index (χ2v) is 5.82. The van der Waals surface area contributed by atoms with Crippen LogP contribution in [0.3, 0.4) is 0 Å². The number of halogens is 3. The van der Waals surface area contributed by atoms with Gasteiger partial charge < -0.3 is 10.4 Å². The van der Waals surface area contributed by atoms with Gasteiger partial charge in [-0.15, -0.1) is 0 Å². The van der Waals surface area contributed by atoms with E-state index < -0.39 is 17.9 Å². The highest BCUT2D eigenvalue weighted by molar-refractivity contribution is 5.56. The van der Waals surface area contributed by atoms with Gasteiger partial charge in [-0.25, -0.2) is 9.97 Å². The van der Waals surface area contributed by atoms with E-state index in [4.69, 9.17) is 0 Å². The fourth-order valence-electron chi connectivity index (χ4n) is 2.61. The summed E-state index contributed by atoms with van der Waals surface area (Å²) in [5, 5.41) is 12.3. The molecule has 0 saturated carbocycles. The van der Waals surface area contributed by atoms with Crippen molar-refractivity contribution in [1.82, 2.24) is 15.0 Å². The van der Waals surface area contributed by atoms with Crippen molar-refractivity contribution < 1.29 is 18.3 Å². The maximum atomic E-state index is 13.3. The third-order valence-corrected chi connectivity index (χ3v) is 3.88. The molecule has 5 nitrogen and oxygen atoms in total. The van der Waals surface area contributed by atoms with Gasteiger partial charge in [-0.1, -0.05) is 30.3 Å². The molecule has 8 heteroatoms. The first-order chi connectivity index (χ1) is 13.0. The number of pyridine rings is 1. The smallest absolute Gasteiger partial charge is 0.396 e. The lowest BCUT2D eigenvalue weighted by Crippen LogP contribution is -2.16. The number of hydrogen-bond donors (Lipinski definition) is 2. The van der Waals surface area contributed by atoms with Crippen LogP contribution in [0.2, 0.25) is 0 Å². The van der Waals surface area contributed by atoms with Crippen LogP contribution in [-0.2, 0) is 6.18 Å². The monoisotopic (exact) mass is 374 g/mol. The highest BCUT2D eigenvalue weighted by Gasteiger charge is 2.34. The minimum atomic E-state index is -4.62. The van der Waals surface area contributed by atoms with Gasteiger partial charge in [-0.2, -0.15) is 13.2 Å². The van der Waals surface area contributed by atoms with Crippen LogP contribution in [0.1, 0.15) is 23.7 Å². The van der Waals surface area contributed by atoms with E-state index in [1.165, 1.54) is 12.4 Å². The summed E-state index contributed by atoms with van der Waals surface area (Å²) in [7, 11) is 0. The Labute approximate surface area is 154 Å². The van der Waals surface area contributed by atoms with Crippen LogP contribution in [-0.4, -0.2) is 26.7 Å². The van der Waals surface area contributed by atoms with Crippen molar-refractivity contribution in [3.63, 3.8) is 0 Å². The number of alkyl halides is 3. The molecule has 1 aromatic carbocycles. The second kappa shape index (κ2) is 8.13. The average molecular weight is 374 g/mol. The number of rotatable bonds is 6. The molecule has 0 amide bonds. The van der Waals surface area contributed by atoms with Crippen molar-refractivity contribution in [2.45, 2.75) is 18.6 Å². The van der Waals surface area contributed by atoms with Gasteiger partial charge in [0.05, 0.1) is 6.04 Å². The molecule has 0 bridgehead atoms. The van der Waals surface area contributed by atoms with Gasteiger partial charge in [0.15, 0.2) is 11.5 Å². The third-order valence-electron chi connectivity index (χ3n) is 3.88. The largest absolute Gasteiger partial charge is 0.433 e. The molecule has 0 spiro atoms. The number of aliphatic hydroxyl groups is 1. The van der Waals surface area contributed by atoms with Gasteiger partial charge in [0.2, 0.25) is 0 Å². The molecule has 2 heterocycles. The summed E-state index contributed by atoms with van der Waals surface area (Å²) in [6.07, 6.45) is -1.38. The Morgan fingerprint density at radius 2 is 1.81 bits per heavy atom. The van der Waals surface area contributed by atoms with Gasteiger partial charge in [0, 0.05) is 30.6 Å². The number of hydrogen-bond acceptors (Lipinski definition) is 5. The Hall–Kier alpha value is -3.00. The van der Waals surface area contributed by atoms with Crippen LogP contribution >= 0.6 is 0 Å². The van der Waals surface area contributed by atoms with E-state index in [1.54, 1.807) is 12.1 Å². The van der Waals surface area contributed by atoms with Crippen LogP contribution in [0.4, 0.5) is 19.0 Å². The highest BCUT2D eigenvalue weighted by atomic mass is 19.4. The van der Waals surface area contributed by atoms with Gasteiger partial charge in [-0.05, 0) is 24.1 Å². The molecule has 0 unspecified atom stereocenters. The lowest BCUT2D eigenvalue weighted by atomic mass is 10.0. The maximum Gasteiger partial charge on any atom is 0.433 e. The molecule has 27 heavy (non-hydrogen) atoms. The van der Waals surface area contributed by atoms with E-state index in [-0.39, 0.29) is 18.2 Å². The fraction of sp³-hybridized carbons (Fsp3) is 0.211. The van der Waals surface area contributed by atoms with E-state index in [0.717, 1.165) is 11.6 Å². The zero-order valence-electron chi connectivity index (χ0n) is 14.2. The Kier molecular flexibility index (Phi) is 5.66. The van der Waals surface area contributed by atoms with Crippen LogP contribution in [0.5, 0.6) is 0 Å². The van der Waals surface area contributed by atoms with Gasteiger partial charge >= 0.3 is 6.18 Å². The van der Waals surface area contributed by atoms with E-state index in [0.29, 0.717) is 12.0 Å². The molecule has 0 aliphatic heterocycles. The molecule has 0 aliphatic rings. The first-order valence-corrected chi connectivity index (χ1v) is 8.26. The van der Waals surface area contributed by atoms with E-state index in [9.17, 15) is 18.3 Å². The molecule has 3 rings (SSSR count). The predicted octanol–water partition coefficient (Wildman–Crippen LogP) is 4.09. The summed E-state index contributed by atoms with van der Waals surface area (Å²) >= 11 is 0. The summed E-state index contributed by atoms with van der Waals surface area (Å²) < 4.78 is 39.9. The summed E-state index contributed by atoms with van der Waals surface area (Å²) in [6, 6.07) is 12.8. The van der Waals surface area contributed by atoms with Crippen molar-refractivity contribution in [1.29, 1.82) is 0 Å². The topological polar surface area (TPSA) is 70.9 Å². The van der Waals surface area contributed by atoms with Gasteiger partial charge in [0.25, 0.3) is 0 Å². The van der Waals surface area contributed by atoms with E-state index >= 15 is 0 Å². The molecular weight excluding hydrogens is 357 g/mol. The normalized spacial score (nSPS) is 12.6. The molecule has 3 aromatic rings. The van der Waals surface area contributed by atoms with Crippen LogP contribution in [0, 0.1) is 0 Å². The first-order valence-electron chi connectivity index (χ1n) is 8.26. The number of benzene rings is 1. The van der Waals surface area contributed by atoms with Crippen molar-refractivity contribution in [2.24, 2.45) is 0 Å². The van der Waals surface area contributed by atoms with Crippen molar-refractivity contribution in [3.8, 4) is 11.4 Å². The fourth-order valence-corrected chi connectivity index (χ4v) is 2.61. The number of nitrogens with one attached hydrogen (secondary N) is 1. The first kappa shape index (κ1) is 18.8. The Morgan fingerprint density at radius 1 is 1.04 bits per heavy atom. The number of anilines is 1. The maximum absolute atomic E-state index is 13.3. The minimum absolute atomic E-state index is 0.0264. The molecule has 0 radical (unpaired) electrons. The van der Waals surface area contributed by atoms with Crippen LogP contribution in [0.15, 0.2) is 60.9 Å². The van der Waals surface area contributed by atoms with Crippen molar-refractivity contribution in [3.05, 3.63) is 72.2 Å². The summed E-state index contributed by atoms with van der Waals surface area (Å²) in [4.78, 5) is 11.8. The molecule has 2 aromatic heterocycles. The highest BCUT2D eigenvalue weighted by Crippen LogP contribution is 2.32. The minimum Gasteiger partial charge on any atom is -0.396 e. The van der Waals surface area contributed by atoms with Crippen molar-refractivity contribution in [2.75, 3.05) is 11.9 Å². The Morgan fingerprint density at radius 3 is 2.44 bits per heavy atom. The molecule has 2 N–H and O–H groups in total. The van der Waals surface area contributed by atoms with E-state index in [2.05, 4.69) is 20.3 Å². The molecule has 0 aliphatic carbocycles. The zero-order chi connectivity index (χ0) is 19.3. The van der Waals surface area contributed by atoms with Gasteiger partial charge in [0.1, 0.15) is 5.82 Å². The number of aromatic nitrogens is 3. The predicted molar refractivity (Wildman–Crippen MR) is 94.8 cm³/mol. The second-order valence-electron chi connectivity index (χ2n) is 5.82. The molecule has 0 fully saturated rings. The Balaban J connectivity index is 2.00. The standard InChI is InChI=1S/C19H17F3N4O/c20-19(21,22)16-11-17(26-18(25-16)14-7-4-9-23-12-14)24-15(8-10-27)13-5-2-1-3-6-13/h1-7,9,11-12,15,27H,8,10H2,(H,24,25,26)/t15-/m1/s1. The number of aliphatic hydroxyl groups excluding tert-OH is 1. The lowest BCUT2D eigenvalue weighted by Gasteiger charge is -2.20. The van der Waals surface area contributed by atoms with Crippen LogP contribution in [0.25, 0.3) is 11.4 Å². The quantitative estimate of drug-likeness (QED) is 0.680. The molecular formula is C19H17F3N4O. The SMILES string of the molecule is OCC[C@@H](Nc1cc(C(F)(F)F)nc(-c2cccnc2)n1)c1ccccc1. The molecule has 140 valence electrons. The number of nitrogens with zero attached hydrogens (tertiary/aromatic N) is 3. The zero-order valence-corrected chi connectivity index (χ0v) is 14.2. The molecule has 1 atom stereocenters. The summed E-state index contributed by atoms with van der Waals surface area (Å²) in [6.45, 7) is -0.126. The van der Waals surface area contributed by atoms with Crippen molar-refractivity contribution >= 4 is 5.82 Å². The summed E-state index contributed by atoms with van der Waals surface area (Å²) in [5.41, 5.74) is 0.168. The van der Waals surface area contributed by atoms with E-state index in [1.807, 2.05) is 30.3 Å². The van der Waals surface area contributed by atoms with Gasteiger partial charge in [-0.3, -0.25) is 4.98 Å². The average Bonchev–Trinajstić information content (AvgIpc) is 2.68. The summed E-state index contributed by atoms with van der Waals surface area (Å²) in [5.74, 6) is -0.0466. The lowest BCUT2D eigenvalue weighted by molar-refractivity contribution is -0.141.